The van der Waals surface area contributed by atoms with Gasteiger partial charge >= 0.3 is 5.97 Å². The summed E-state index contributed by atoms with van der Waals surface area (Å²) in [7, 11) is 0. The zero-order valence-corrected chi connectivity index (χ0v) is 12.5. The molecule has 0 amide bonds. The SMILES string of the molecule is CCCCCC(CCCC)C(=O)OCC1(C)CC1. The van der Waals surface area contributed by atoms with E-state index < -0.39 is 0 Å². The van der Waals surface area contributed by atoms with Crippen molar-refractivity contribution in [2.24, 2.45) is 11.3 Å². The fraction of sp³-hybridized carbons (Fsp3) is 0.938. The Bertz CT molecular complexity index is 243. The summed E-state index contributed by atoms with van der Waals surface area (Å²) < 4.78 is 5.52. The molecule has 1 fully saturated rings. The summed E-state index contributed by atoms with van der Waals surface area (Å²) in [6.45, 7) is 7.23. The van der Waals surface area contributed by atoms with Crippen LogP contribution in [0.25, 0.3) is 0 Å². The minimum atomic E-state index is 0.0627. The molecule has 106 valence electrons. The zero-order chi connectivity index (χ0) is 13.4. The lowest BCUT2D eigenvalue weighted by Crippen LogP contribution is -2.21. The monoisotopic (exact) mass is 254 g/mol. The molecule has 1 aliphatic carbocycles. The molecule has 0 aromatic carbocycles. The van der Waals surface area contributed by atoms with E-state index in [9.17, 15) is 4.79 Å². The van der Waals surface area contributed by atoms with E-state index in [2.05, 4.69) is 20.8 Å². The normalized spacial score (nSPS) is 18.4. The van der Waals surface area contributed by atoms with Crippen molar-refractivity contribution in [2.45, 2.75) is 78.6 Å². The molecule has 0 spiro atoms. The Morgan fingerprint density at radius 1 is 1.11 bits per heavy atom. The minimum absolute atomic E-state index is 0.0627. The summed E-state index contributed by atoms with van der Waals surface area (Å²) in [5.74, 6) is 0.214. The second kappa shape index (κ2) is 7.81. The Hall–Kier alpha value is -0.530. The van der Waals surface area contributed by atoms with Crippen molar-refractivity contribution in [1.29, 1.82) is 0 Å². The Labute approximate surface area is 112 Å². The van der Waals surface area contributed by atoms with Crippen LogP contribution in [0.3, 0.4) is 0 Å². The average molecular weight is 254 g/mol. The van der Waals surface area contributed by atoms with E-state index >= 15 is 0 Å². The van der Waals surface area contributed by atoms with Gasteiger partial charge in [0, 0.05) is 5.41 Å². The molecule has 0 heterocycles. The average Bonchev–Trinajstić information content (AvgIpc) is 3.09. The molecular formula is C16H30O2. The summed E-state index contributed by atoms with van der Waals surface area (Å²) in [6.07, 6.45) is 10.4. The highest BCUT2D eigenvalue weighted by Crippen LogP contribution is 2.45. The van der Waals surface area contributed by atoms with E-state index in [0.29, 0.717) is 12.0 Å². The molecule has 1 saturated carbocycles. The number of carbonyl (C=O) groups is 1. The van der Waals surface area contributed by atoms with E-state index in [1.54, 1.807) is 0 Å². The predicted octanol–water partition coefficient (Wildman–Crippen LogP) is 4.72. The van der Waals surface area contributed by atoms with E-state index in [4.69, 9.17) is 4.74 Å². The van der Waals surface area contributed by atoms with Crippen LogP contribution < -0.4 is 0 Å². The van der Waals surface area contributed by atoms with Crippen molar-refractivity contribution < 1.29 is 9.53 Å². The number of ether oxygens (including phenoxy) is 1. The maximum atomic E-state index is 12.1. The lowest BCUT2D eigenvalue weighted by Gasteiger charge is -2.17. The van der Waals surface area contributed by atoms with Crippen LogP contribution in [0.4, 0.5) is 0 Å². The molecule has 1 aliphatic rings. The molecule has 0 aliphatic heterocycles. The van der Waals surface area contributed by atoms with Crippen molar-refractivity contribution in [1.82, 2.24) is 0 Å². The number of rotatable bonds is 10. The van der Waals surface area contributed by atoms with Crippen molar-refractivity contribution in [3.63, 3.8) is 0 Å². The standard InChI is InChI=1S/C16H30O2/c1-4-6-8-10-14(9-7-5-2)15(17)18-13-16(3)11-12-16/h14H,4-13H2,1-3H3. The Morgan fingerprint density at radius 2 is 1.72 bits per heavy atom. The van der Waals surface area contributed by atoms with Gasteiger partial charge in [-0.05, 0) is 25.7 Å². The van der Waals surface area contributed by atoms with Crippen LogP contribution in [0.15, 0.2) is 0 Å². The Morgan fingerprint density at radius 3 is 2.28 bits per heavy atom. The van der Waals surface area contributed by atoms with E-state index in [1.807, 2.05) is 0 Å². The van der Waals surface area contributed by atoms with Gasteiger partial charge in [0.25, 0.3) is 0 Å². The summed E-state index contributed by atoms with van der Waals surface area (Å²) in [5, 5.41) is 0. The van der Waals surface area contributed by atoms with Gasteiger partial charge in [-0.3, -0.25) is 4.79 Å². The van der Waals surface area contributed by atoms with Gasteiger partial charge in [-0.1, -0.05) is 52.9 Å². The van der Waals surface area contributed by atoms with Crippen LogP contribution in [0, 0.1) is 11.3 Å². The van der Waals surface area contributed by atoms with Gasteiger partial charge in [-0.2, -0.15) is 0 Å². The fourth-order valence-corrected chi connectivity index (χ4v) is 2.19. The van der Waals surface area contributed by atoms with E-state index in [1.165, 1.54) is 25.7 Å². The summed E-state index contributed by atoms with van der Waals surface area (Å²) in [6, 6.07) is 0. The second-order valence-corrected chi connectivity index (χ2v) is 6.25. The second-order valence-electron chi connectivity index (χ2n) is 6.25. The number of carbonyl (C=O) groups excluding carboxylic acids is 1. The van der Waals surface area contributed by atoms with Gasteiger partial charge in [-0.25, -0.2) is 0 Å². The molecule has 0 aromatic rings. The molecule has 0 N–H and O–H groups in total. The van der Waals surface area contributed by atoms with Gasteiger partial charge in [0.2, 0.25) is 0 Å². The smallest absolute Gasteiger partial charge is 0.308 e. The van der Waals surface area contributed by atoms with Crippen LogP contribution in [-0.4, -0.2) is 12.6 Å². The molecule has 0 bridgehead atoms. The quantitative estimate of drug-likeness (QED) is 0.416. The molecule has 2 nitrogen and oxygen atoms in total. The van der Waals surface area contributed by atoms with Gasteiger partial charge in [0.1, 0.15) is 0 Å². The van der Waals surface area contributed by atoms with E-state index in [0.717, 1.165) is 32.1 Å². The zero-order valence-electron chi connectivity index (χ0n) is 12.5. The Balaban J connectivity index is 2.28. The number of unbranched alkanes of at least 4 members (excludes halogenated alkanes) is 3. The molecule has 18 heavy (non-hydrogen) atoms. The highest BCUT2D eigenvalue weighted by atomic mass is 16.5. The first-order valence-electron chi connectivity index (χ1n) is 7.78. The van der Waals surface area contributed by atoms with Crippen LogP contribution in [0.2, 0.25) is 0 Å². The first-order valence-corrected chi connectivity index (χ1v) is 7.78. The van der Waals surface area contributed by atoms with Crippen molar-refractivity contribution in [3.05, 3.63) is 0 Å². The Kier molecular flexibility index (Phi) is 6.73. The third kappa shape index (κ3) is 5.88. The maximum Gasteiger partial charge on any atom is 0.308 e. The molecular weight excluding hydrogens is 224 g/mol. The molecule has 1 atom stereocenters. The van der Waals surface area contributed by atoms with Crippen molar-refractivity contribution >= 4 is 5.97 Å². The highest BCUT2D eigenvalue weighted by Gasteiger charge is 2.39. The first-order chi connectivity index (χ1) is 8.61. The maximum absolute atomic E-state index is 12.1. The lowest BCUT2D eigenvalue weighted by molar-refractivity contribution is -0.150. The van der Waals surface area contributed by atoms with Crippen LogP contribution in [0.5, 0.6) is 0 Å². The van der Waals surface area contributed by atoms with Crippen LogP contribution in [-0.2, 0) is 9.53 Å². The number of esters is 1. The summed E-state index contributed by atoms with van der Waals surface area (Å²) in [4.78, 5) is 12.1. The van der Waals surface area contributed by atoms with Crippen LogP contribution in [0.1, 0.15) is 78.6 Å². The summed E-state index contributed by atoms with van der Waals surface area (Å²) in [5.41, 5.74) is 0.314. The minimum Gasteiger partial charge on any atom is -0.465 e. The van der Waals surface area contributed by atoms with Gasteiger partial charge in [0.15, 0.2) is 0 Å². The molecule has 0 saturated heterocycles. The number of hydrogen-bond donors (Lipinski definition) is 0. The van der Waals surface area contributed by atoms with Crippen molar-refractivity contribution in [2.75, 3.05) is 6.61 Å². The molecule has 1 rings (SSSR count). The van der Waals surface area contributed by atoms with Crippen LogP contribution >= 0.6 is 0 Å². The molecule has 0 aromatic heterocycles. The third-order valence-electron chi connectivity index (χ3n) is 4.06. The summed E-state index contributed by atoms with van der Waals surface area (Å²) >= 11 is 0. The third-order valence-corrected chi connectivity index (χ3v) is 4.06. The van der Waals surface area contributed by atoms with Gasteiger partial charge in [-0.15, -0.1) is 0 Å². The largest absolute Gasteiger partial charge is 0.465 e. The van der Waals surface area contributed by atoms with Gasteiger partial charge in [0.05, 0.1) is 12.5 Å². The predicted molar refractivity (Wildman–Crippen MR) is 75.5 cm³/mol. The molecule has 1 unspecified atom stereocenters. The first kappa shape index (κ1) is 15.5. The number of hydrogen-bond acceptors (Lipinski definition) is 2. The van der Waals surface area contributed by atoms with E-state index in [-0.39, 0.29) is 11.9 Å². The fourth-order valence-electron chi connectivity index (χ4n) is 2.19. The molecule has 2 heteroatoms. The van der Waals surface area contributed by atoms with Crippen molar-refractivity contribution in [3.8, 4) is 0 Å². The lowest BCUT2D eigenvalue weighted by atomic mass is 9.95. The topological polar surface area (TPSA) is 26.3 Å². The highest BCUT2D eigenvalue weighted by molar-refractivity contribution is 5.72. The molecule has 0 radical (unpaired) electrons. The van der Waals surface area contributed by atoms with Gasteiger partial charge < -0.3 is 4.74 Å².